The van der Waals surface area contributed by atoms with Crippen molar-refractivity contribution < 1.29 is 4.79 Å². The minimum absolute atomic E-state index is 0.124. The number of rotatable bonds is 5. The highest BCUT2D eigenvalue weighted by molar-refractivity contribution is 5.91. The maximum Gasteiger partial charge on any atom is 0.244 e. The van der Waals surface area contributed by atoms with Gasteiger partial charge in [0.15, 0.2) is 0 Å². The van der Waals surface area contributed by atoms with E-state index in [2.05, 4.69) is 10.4 Å². The minimum atomic E-state index is -0.124. The molecule has 3 rings (SSSR count). The van der Waals surface area contributed by atoms with Crippen molar-refractivity contribution in [1.29, 1.82) is 0 Å². The lowest BCUT2D eigenvalue weighted by molar-refractivity contribution is -0.116. The summed E-state index contributed by atoms with van der Waals surface area (Å²) < 4.78 is 1.78. The Hall–Kier alpha value is -3.14. The summed E-state index contributed by atoms with van der Waals surface area (Å²) in [6.45, 7) is 0.521. The lowest BCUT2D eigenvalue weighted by Gasteiger charge is -2.01. The molecule has 4 heteroatoms. The maximum atomic E-state index is 11.8. The first kappa shape index (κ1) is 14.8. The molecule has 1 aromatic heterocycles. The van der Waals surface area contributed by atoms with Crippen LogP contribution in [0.2, 0.25) is 0 Å². The van der Waals surface area contributed by atoms with Gasteiger partial charge in [-0.05, 0) is 23.8 Å². The molecule has 0 aliphatic carbocycles. The molecule has 0 radical (unpaired) electrons. The van der Waals surface area contributed by atoms with Gasteiger partial charge >= 0.3 is 0 Å². The van der Waals surface area contributed by atoms with E-state index in [9.17, 15) is 4.79 Å². The standard InChI is InChI=1S/C19H17N3O/c23-19(20-13-16-7-3-1-4-8-16)12-11-17-14-21-22(15-17)18-9-5-2-6-10-18/h1-12,14-15H,13H2,(H,20,23)/b12-11-. The van der Waals surface area contributed by atoms with Crippen molar-refractivity contribution in [3.05, 3.63) is 90.3 Å². The number of amides is 1. The van der Waals surface area contributed by atoms with Gasteiger partial charge in [-0.15, -0.1) is 0 Å². The van der Waals surface area contributed by atoms with Crippen LogP contribution in [0.15, 0.2) is 79.1 Å². The number of para-hydroxylation sites is 1. The molecule has 4 nitrogen and oxygen atoms in total. The predicted octanol–water partition coefficient (Wildman–Crippen LogP) is 3.20. The molecule has 2 aromatic carbocycles. The van der Waals surface area contributed by atoms with Crippen LogP contribution in [0.5, 0.6) is 0 Å². The summed E-state index contributed by atoms with van der Waals surface area (Å²) >= 11 is 0. The zero-order valence-corrected chi connectivity index (χ0v) is 12.6. The highest BCUT2D eigenvalue weighted by atomic mass is 16.1. The first-order chi connectivity index (χ1) is 11.3. The van der Waals surface area contributed by atoms with Gasteiger partial charge in [0, 0.05) is 24.4 Å². The number of nitrogens with one attached hydrogen (secondary N) is 1. The molecule has 0 aliphatic heterocycles. The molecule has 0 atom stereocenters. The molecule has 0 fully saturated rings. The smallest absolute Gasteiger partial charge is 0.244 e. The van der Waals surface area contributed by atoms with Crippen molar-refractivity contribution in [1.82, 2.24) is 15.1 Å². The van der Waals surface area contributed by atoms with E-state index in [0.29, 0.717) is 6.54 Å². The van der Waals surface area contributed by atoms with Crippen molar-refractivity contribution >= 4 is 12.0 Å². The Bertz CT molecular complexity index is 792. The summed E-state index contributed by atoms with van der Waals surface area (Å²) in [4.78, 5) is 11.8. The van der Waals surface area contributed by atoms with E-state index in [0.717, 1.165) is 16.8 Å². The molecule has 0 saturated heterocycles. The van der Waals surface area contributed by atoms with Crippen LogP contribution in [0.4, 0.5) is 0 Å². The van der Waals surface area contributed by atoms with Crippen LogP contribution in [0, 0.1) is 0 Å². The summed E-state index contributed by atoms with van der Waals surface area (Å²) in [6.07, 6.45) is 6.90. The lowest BCUT2D eigenvalue weighted by atomic mass is 10.2. The Balaban J connectivity index is 1.58. The molecule has 0 bridgehead atoms. The molecular weight excluding hydrogens is 286 g/mol. The Kier molecular flexibility index (Phi) is 4.64. The van der Waals surface area contributed by atoms with E-state index >= 15 is 0 Å². The van der Waals surface area contributed by atoms with Gasteiger partial charge < -0.3 is 5.32 Å². The van der Waals surface area contributed by atoms with Crippen LogP contribution in [-0.4, -0.2) is 15.7 Å². The van der Waals surface area contributed by atoms with Crippen LogP contribution in [-0.2, 0) is 11.3 Å². The summed E-state index contributed by atoms with van der Waals surface area (Å²) in [5.41, 5.74) is 2.94. The second kappa shape index (κ2) is 7.22. The third-order valence-corrected chi connectivity index (χ3v) is 3.36. The second-order valence-corrected chi connectivity index (χ2v) is 5.09. The average Bonchev–Trinajstić information content (AvgIpc) is 3.09. The molecule has 3 aromatic rings. The number of benzene rings is 2. The zero-order chi connectivity index (χ0) is 15.9. The highest BCUT2D eigenvalue weighted by Gasteiger charge is 1.99. The SMILES string of the molecule is O=C(/C=C\c1cnn(-c2ccccc2)c1)NCc1ccccc1. The fourth-order valence-corrected chi connectivity index (χ4v) is 2.16. The molecule has 1 N–H and O–H groups in total. The second-order valence-electron chi connectivity index (χ2n) is 5.09. The van der Waals surface area contributed by atoms with Gasteiger partial charge in [-0.2, -0.15) is 5.10 Å². The number of nitrogens with zero attached hydrogens (tertiary/aromatic N) is 2. The van der Waals surface area contributed by atoms with Crippen LogP contribution < -0.4 is 5.32 Å². The highest BCUT2D eigenvalue weighted by Crippen LogP contribution is 2.08. The Labute approximate surface area is 135 Å². The molecule has 1 heterocycles. The maximum absolute atomic E-state index is 11.8. The first-order valence-electron chi connectivity index (χ1n) is 7.41. The van der Waals surface area contributed by atoms with Gasteiger partial charge in [-0.3, -0.25) is 4.79 Å². The number of carbonyl (C=O) groups excluding carboxylic acids is 1. The van der Waals surface area contributed by atoms with Gasteiger partial charge in [0.05, 0.1) is 11.9 Å². The largest absolute Gasteiger partial charge is 0.348 e. The number of carbonyl (C=O) groups is 1. The van der Waals surface area contributed by atoms with Gasteiger partial charge in [0.1, 0.15) is 0 Å². The summed E-state index contributed by atoms with van der Waals surface area (Å²) in [5.74, 6) is -0.124. The van der Waals surface area contributed by atoms with Crippen molar-refractivity contribution in [2.24, 2.45) is 0 Å². The monoisotopic (exact) mass is 303 g/mol. The van der Waals surface area contributed by atoms with Crippen molar-refractivity contribution in [2.75, 3.05) is 0 Å². The van der Waals surface area contributed by atoms with Crippen LogP contribution in [0.25, 0.3) is 11.8 Å². The topological polar surface area (TPSA) is 46.9 Å². The summed E-state index contributed by atoms with van der Waals surface area (Å²) in [7, 11) is 0. The molecule has 0 spiro atoms. The van der Waals surface area contributed by atoms with E-state index in [1.54, 1.807) is 17.0 Å². The Morgan fingerprint density at radius 2 is 1.74 bits per heavy atom. The lowest BCUT2D eigenvalue weighted by Crippen LogP contribution is -2.20. The Morgan fingerprint density at radius 1 is 1.04 bits per heavy atom. The zero-order valence-electron chi connectivity index (χ0n) is 12.6. The molecule has 114 valence electrons. The average molecular weight is 303 g/mol. The fraction of sp³-hybridized carbons (Fsp3) is 0.0526. The van der Waals surface area contributed by atoms with Crippen molar-refractivity contribution in [3.8, 4) is 5.69 Å². The summed E-state index contributed by atoms with van der Waals surface area (Å²) in [5, 5.41) is 7.15. The van der Waals surface area contributed by atoms with Crippen molar-refractivity contribution in [3.63, 3.8) is 0 Å². The van der Waals surface area contributed by atoms with E-state index in [1.165, 1.54) is 6.08 Å². The predicted molar refractivity (Wildman–Crippen MR) is 90.9 cm³/mol. The van der Waals surface area contributed by atoms with Crippen LogP contribution in [0.3, 0.4) is 0 Å². The van der Waals surface area contributed by atoms with E-state index in [-0.39, 0.29) is 5.91 Å². The molecule has 0 aliphatic rings. The quantitative estimate of drug-likeness (QED) is 0.736. The minimum Gasteiger partial charge on any atom is -0.348 e. The third kappa shape index (κ3) is 4.17. The number of hydrogen-bond donors (Lipinski definition) is 1. The molecule has 23 heavy (non-hydrogen) atoms. The van der Waals surface area contributed by atoms with E-state index in [4.69, 9.17) is 0 Å². The van der Waals surface area contributed by atoms with E-state index < -0.39 is 0 Å². The van der Waals surface area contributed by atoms with Gasteiger partial charge in [0.2, 0.25) is 5.91 Å². The van der Waals surface area contributed by atoms with Crippen molar-refractivity contribution in [2.45, 2.75) is 6.54 Å². The first-order valence-corrected chi connectivity index (χ1v) is 7.41. The van der Waals surface area contributed by atoms with Gasteiger partial charge in [-0.25, -0.2) is 4.68 Å². The molecule has 1 amide bonds. The van der Waals surface area contributed by atoms with Gasteiger partial charge in [-0.1, -0.05) is 48.5 Å². The Morgan fingerprint density at radius 3 is 2.48 bits per heavy atom. The fourth-order valence-electron chi connectivity index (χ4n) is 2.16. The third-order valence-electron chi connectivity index (χ3n) is 3.36. The van der Waals surface area contributed by atoms with Crippen LogP contribution in [0.1, 0.15) is 11.1 Å². The van der Waals surface area contributed by atoms with Crippen LogP contribution >= 0.6 is 0 Å². The summed E-state index contributed by atoms with van der Waals surface area (Å²) in [6, 6.07) is 19.7. The number of aromatic nitrogens is 2. The normalized spacial score (nSPS) is 10.8. The van der Waals surface area contributed by atoms with Gasteiger partial charge in [0.25, 0.3) is 0 Å². The molecular formula is C19H17N3O. The number of hydrogen-bond acceptors (Lipinski definition) is 2. The molecule has 0 unspecified atom stereocenters. The van der Waals surface area contributed by atoms with E-state index in [1.807, 2.05) is 66.9 Å². The molecule has 0 saturated carbocycles.